The lowest BCUT2D eigenvalue weighted by atomic mass is 9.86. The van der Waals surface area contributed by atoms with Crippen LogP contribution in [0.5, 0.6) is 0 Å². The van der Waals surface area contributed by atoms with Crippen LogP contribution in [0.1, 0.15) is 66.2 Å². The lowest BCUT2D eigenvalue weighted by Crippen LogP contribution is -2.45. The Kier molecular flexibility index (Phi) is 9.29. The molecule has 0 rings (SSSR count). The van der Waals surface area contributed by atoms with Crippen molar-refractivity contribution >= 4 is 5.78 Å². The van der Waals surface area contributed by atoms with Gasteiger partial charge in [-0.15, -0.1) is 0 Å². The molecule has 0 saturated carbocycles. The van der Waals surface area contributed by atoms with E-state index in [0.717, 1.165) is 38.8 Å². The molecule has 0 aromatic heterocycles. The van der Waals surface area contributed by atoms with Crippen molar-refractivity contribution in [2.24, 2.45) is 0 Å². The summed E-state index contributed by atoms with van der Waals surface area (Å²) in [7, 11) is 0. The fraction of sp³-hybridized carbons (Fsp3) is 0.933. The van der Waals surface area contributed by atoms with Crippen molar-refractivity contribution in [3.05, 3.63) is 0 Å². The first-order valence-corrected chi connectivity index (χ1v) is 7.52. The highest BCUT2D eigenvalue weighted by atomic mass is 16.3. The monoisotopic (exact) mass is 257 g/mol. The molecule has 0 unspecified atom stereocenters. The third-order valence-corrected chi connectivity index (χ3v) is 3.67. The standard InChI is InChI=1S/C15H31NO2/c1-5-9-11-15(18,12-10-6-2)14(17)13-16(7-3)8-4/h18H,5-13H2,1-4H3. The van der Waals surface area contributed by atoms with Crippen LogP contribution in [0.15, 0.2) is 0 Å². The Balaban J connectivity index is 4.56. The van der Waals surface area contributed by atoms with Gasteiger partial charge in [-0.05, 0) is 25.9 Å². The summed E-state index contributed by atoms with van der Waals surface area (Å²) in [5.41, 5.74) is -1.09. The third-order valence-electron chi connectivity index (χ3n) is 3.67. The van der Waals surface area contributed by atoms with Gasteiger partial charge in [-0.3, -0.25) is 9.69 Å². The molecule has 108 valence electrons. The van der Waals surface area contributed by atoms with Crippen molar-refractivity contribution in [2.45, 2.75) is 71.8 Å². The van der Waals surface area contributed by atoms with E-state index in [1.807, 2.05) is 13.8 Å². The summed E-state index contributed by atoms with van der Waals surface area (Å²) in [5.74, 6) is 0.00750. The molecular weight excluding hydrogens is 226 g/mol. The number of carbonyl (C=O) groups is 1. The van der Waals surface area contributed by atoms with Crippen LogP contribution in [0.25, 0.3) is 0 Å². The molecule has 0 aliphatic carbocycles. The fourth-order valence-electron chi connectivity index (χ4n) is 2.14. The number of unbranched alkanes of at least 4 members (excludes halogenated alkanes) is 2. The molecular formula is C15H31NO2. The summed E-state index contributed by atoms with van der Waals surface area (Å²) in [6, 6.07) is 0. The Bertz CT molecular complexity index is 217. The van der Waals surface area contributed by atoms with Crippen LogP contribution in [0.4, 0.5) is 0 Å². The minimum Gasteiger partial charge on any atom is -0.382 e. The molecule has 0 bridgehead atoms. The molecule has 0 fully saturated rings. The molecule has 0 radical (unpaired) electrons. The second kappa shape index (κ2) is 9.51. The number of hydrogen-bond acceptors (Lipinski definition) is 3. The molecule has 0 heterocycles. The average molecular weight is 257 g/mol. The number of nitrogens with zero attached hydrogens (tertiary/aromatic N) is 1. The number of carbonyl (C=O) groups excluding carboxylic acids is 1. The van der Waals surface area contributed by atoms with Crippen molar-refractivity contribution in [1.82, 2.24) is 4.90 Å². The Morgan fingerprint density at radius 2 is 1.44 bits per heavy atom. The van der Waals surface area contributed by atoms with Crippen LogP contribution >= 0.6 is 0 Å². The zero-order valence-electron chi connectivity index (χ0n) is 12.7. The normalized spacial score (nSPS) is 12.1. The quantitative estimate of drug-likeness (QED) is 0.618. The van der Waals surface area contributed by atoms with E-state index in [-0.39, 0.29) is 5.78 Å². The first-order valence-electron chi connectivity index (χ1n) is 7.52. The van der Waals surface area contributed by atoms with Crippen LogP contribution in [0.3, 0.4) is 0 Å². The molecule has 0 aromatic rings. The second-order valence-corrected chi connectivity index (χ2v) is 5.12. The molecule has 0 spiro atoms. The highest BCUT2D eigenvalue weighted by Gasteiger charge is 2.34. The minimum atomic E-state index is -1.09. The number of hydrogen-bond donors (Lipinski definition) is 1. The molecule has 18 heavy (non-hydrogen) atoms. The van der Waals surface area contributed by atoms with Gasteiger partial charge in [0, 0.05) is 0 Å². The summed E-state index contributed by atoms with van der Waals surface area (Å²) in [4.78, 5) is 14.4. The van der Waals surface area contributed by atoms with Crippen LogP contribution in [0.2, 0.25) is 0 Å². The van der Waals surface area contributed by atoms with E-state index < -0.39 is 5.60 Å². The number of likely N-dealkylation sites (N-methyl/N-ethyl adjacent to an activating group) is 1. The summed E-state index contributed by atoms with van der Waals surface area (Å²) < 4.78 is 0. The van der Waals surface area contributed by atoms with Crippen molar-refractivity contribution in [2.75, 3.05) is 19.6 Å². The zero-order chi connectivity index (χ0) is 14.0. The average Bonchev–Trinajstić information content (AvgIpc) is 2.39. The van der Waals surface area contributed by atoms with Gasteiger partial charge in [0.15, 0.2) is 5.78 Å². The molecule has 0 amide bonds. The van der Waals surface area contributed by atoms with Crippen molar-refractivity contribution in [1.29, 1.82) is 0 Å². The van der Waals surface area contributed by atoms with Crippen LogP contribution in [-0.4, -0.2) is 41.0 Å². The minimum absolute atomic E-state index is 0.00750. The van der Waals surface area contributed by atoms with Crippen molar-refractivity contribution in [3.63, 3.8) is 0 Å². The topological polar surface area (TPSA) is 40.5 Å². The fourth-order valence-corrected chi connectivity index (χ4v) is 2.14. The van der Waals surface area contributed by atoms with Gasteiger partial charge < -0.3 is 5.11 Å². The van der Waals surface area contributed by atoms with Crippen LogP contribution in [-0.2, 0) is 4.79 Å². The predicted molar refractivity (Wildman–Crippen MR) is 76.8 cm³/mol. The molecule has 1 N–H and O–H groups in total. The number of ketones is 1. The van der Waals surface area contributed by atoms with Gasteiger partial charge in [-0.1, -0.05) is 53.4 Å². The molecule has 0 aromatic carbocycles. The zero-order valence-corrected chi connectivity index (χ0v) is 12.7. The maximum atomic E-state index is 12.3. The van der Waals surface area contributed by atoms with Crippen molar-refractivity contribution in [3.8, 4) is 0 Å². The van der Waals surface area contributed by atoms with Crippen LogP contribution < -0.4 is 0 Å². The maximum absolute atomic E-state index is 12.3. The van der Waals surface area contributed by atoms with Gasteiger partial charge in [-0.25, -0.2) is 0 Å². The van der Waals surface area contributed by atoms with Crippen LogP contribution in [0, 0.1) is 0 Å². The van der Waals surface area contributed by atoms with Gasteiger partial charge in [0.2, 0.25) is 0 Å². The molecule has 3 heteroatoms. The van der Waals surface area contributed by atoms with Gasteiger partial charge >= 0.3 is 0 Å². The number of aliphatic hydroxyl groups is 1. The predicted octanol–water partition coefficient (Wildman–Crippen LogP) is 3.01. The summed E-state index contributed by atoms with van der Waals surface area (Å²) in [6.45, 7) is 10.4. The van der Waals surface area contributed by atoms with E-state index in [1.54, 1.807) is 0 Å². The SMILES string of the molecule is CCCCC(O)(CCCC)C(=O)CN(CC)CC. The third kappa shape index (κ3) is 5.96. The summed E-state index contributed by atoms with van der Waals surface area (Å²) in [6.07, 6.45) is 5.11. The smallest absolute Gasteiger partial charge is 0.178 e. The van der Waals surface area contributed by atoms with E-state index >= 15 is 0 Å². The molecule has 0 atom stereocenters. The van der Waals surface area contributed by atoms with Crippen molar-refractivity contribution < 1.29 is 9.90 Å². The first kappa shape index (κ1) is 17.6. The number of rotatable bonds is 11. The van der Waals surface area contributed by atoms with E-state index in [0.29, 0.717) is 19.4 Å². The van der Waals surface area contributed by atoms with E-state index in [2.05, 4.69) is 18.7 Å². The van der Waals surface area contributed by atoms with Gasteiger partial charge in [0.25, 0.3) is 0 Å². The second-order valence-electron chi connectivity index (χ2n) is 5.12. The van der Waals surface area contributed by atoms with E-state index in [1.165, 1.54) is 0 Å². The van der Waals surface area contributed by atoms with Gasteiger partial charge in [-0.2, -0.15) is 0 Å². The largest absolute Gasteiger partial charge is 0.382 e. The summed E-state index contributed by atoms with van der Waals surface area (Å²) in [5, 5.41) is 10.6. The highest BCUT2D eigenvalue weighted by Crippen LogP contribution is 2.23. The summed E-state index contributed by atoms with van der Waals surface area (Å²) >= 11 is 0. The molecule has 0 saturated heterocycles. The van der Waals surface area contributed by atoms with Gasteiger partial charge in [0.1, 0.15) is 5.60 Å². The molecule has 0 aliphatic heterocycles. The Morgan fingerprint density at radius 1 is 1.00 bits per heavy atom. The highest BCUT2D eigenvalue weighted by molar-refractivity contribution is 5.88. The lowest BCUT2D eigenvalue weighted by Gasteiger charge is -2.29. The Morgan fingerprint density at radius 3 is 1.78 bits per heavy atom. The first-order chi connectivity index (χ1) is 8.53. The number of Topliss-reactive ketones (excluding diaryl/α,β-unsaturated/α-hetero) is 1. The maximum Gasteiger partial charge on any atom is 0.178 e. The van der Waals surface area contributed by atoms with E-state index in [4.69, 9.17) is 0 Å². The van der Waals surface area contributed by atoms with Gasteiger partial charge in [0.05, 0.1) is 6.54 Å². The Labute approximate surface area is 113 Å². The van der Waals surface area contributed by atoms with E-state index in [9.17, 15) is 9.90 Å². The Hall–Kier alpha value is -0.410. The molecule has 0 aliphatic rings. The molecule has 3 nitrogen and oxygen atoms in total. The lowest BCUT2D eigenvalue weighted by molar-refractivity contribution is -0.140.